The first kappa shape index (κ1) is 10.1. The van der Waals surface area contributed by atoms with E-state index in [0.29, 0.717) is 0 Å². The Hall–Kier alpha value is -0.470. The Balaban J connectivity index is 1.98. The van der Waals surface area contributed by atoms with Crippen LogP contribution in [0.25, 0.3) is 0 Å². The molecule has 1 aliphatic heterocycles. The van der Waals surface area contributed by atoms with Crippen molar-refractivity contribution < 1.29 is 0 Å². The molecule has 1 aromatic rings. The van der Waals surface area contributed by atoms with Crippen LogP contribution < -0.4 is 5.73 Å². The van der Waals surface area contributed by atoms with Gasteiger partial charge in [-0.3, -0.25) is 0 Å². The van der Waals surface area contributed by atoms with Gasteiger partial charge in [0, 0.05) is 10.6 Å². The third-order valence-electron chi connectivity index (χ3n) is 2.67. The second-order valence-electron chi connectivity index (χ2n) is 3.79. The predicted octanol–water partition coefficient (Wildman–Crippen LogP) is 2.62. The van der Waals surface area contributed by atoms with Crippen LogP contribution in [0.15, 0.2) is 23.1 Å². The van der Waals surface area contributed by atoms with Gasteiger partial charge in [0.05, 0.1) is 0 Å². The second kappa shape index (κ2) is 4.85. The molecule has 2 N–H and O–H groups in total. The zero-order valence-electron chi connectivity index (χ0n) is 8.46. The zero-order chi connectivity index (χ0) is 9.80. The number of benzene rings is 1. The molecule has 76 valence electrons. The lowest BCUT2D eigenvalue weighted by Gasteiger charge is -2.03. The van der Waals surface area contributed by atoms with E-state index in [0.717, 1.165) is 13.0 Å². The molecule has 0 unspecified atom stereocenters. The van der Waals surface area contributed by atoms with E-state index in [9.17, 15) is 0 Å². The molecular formula is C12H17NS. The normalized spacial score (nSPS) is 14.4. The Bertz CT molecular complexity index is 309. The molecule has 0 saturated carbocycles. The second-order valence-corrected chi connectivity index (χ2v) is 4.92. The number of hydrogen-bond donors (Lipinski definition) is 1. The molecule has 2 rings (SSSR count). The van der Waals surface area contributed by atoms with Crippen LogP contribution in [0.5, 0.6) is 0 Å². The molecule has 0 saturated heterocycles. The SMILES string of the molecule is NCCCCc1ccc2c(c1)CCS2. The van der Waals surface area contributed by atoms with Gasteiger partial charge in [-0.25, -0.2) is 0 Å². The van der Waals surface area contributed by atoms with Crippen molar-refractivity contribution in [3.8, 4) is 0 Å². The fourth-order valence-corrected chi connectivity index (χ4v) is 2.92. The molecule has 0 atom stereocenters. The quantitative estimate of drug-likeness (QED) is 0.768. The lowest BCUT2D eigenvalue weighted by Crippen LogP contribution is -1.99. The first-order valence-electron chi connectivity index (χ1n) is 5.35. The fraction of sp³-hybridized carbons (Fsp3) is 0.500. The van der Waals surface area contributed by atoms with Gasteiger partial charge in [-0.1, -0.05) is 12.1 Å². The van der Waals surface area contributed by atoms with E-state index in [4.69, 9.17) is 5.73 Å². The van der Waals surface area contributed by atoms with Crippen molar-refractivity contribution in [2.24, 2.45) is 5.73 Å². The van der Waals surface area contributed by atoms with Crippen molar-refractivity contribution in [1.82, 2.24) is 0 Å². The van der Waals surface area contributed by atoms with Crippen molar-refractivity contribution in [1.29, 1.82) is 0 Å². The topological polar surface area (TPSA) is 26.0 Å². The smallest absolute Gasteiger partial charge is 0.0105 e. The largest absolute Gasteiger partial charge is 0.330 e. The van der Waals surface area contributed by atoms with Crippen LogP contribution in [0.3, 0.4) is 0 Å². The molecule has 0 amide bonds. The van der Waals surface area contributed by atoms with E-state index >= 15 is 0 Å². The highest BCUT2D eigenvalue weighted by Gasteiger charge is 2.10. The van der Waals surface area contributed by atoms with Crippen LogP contribution in [0, 0.1) is 0 Å². The van der Waals surface area contributed by atoms with Crippen LogP contribution in [-0.4, -0.2) is 12.3 Å². The van der Waals surface area contributed by atoms with Crippen molar-refractivity contribution in [3.63, 3.8) is 0 Å². The fourth-order valence-electron chi connectivity index (χ4n) is 1.87. The van der Waals surface area contributed by atoms with Gasteiger partial charge in [0.2, 0.25) is 0 Å². The molecule has 1 heterocycles. The lowest BCUT2D eigenvalue weighted by molar-refractivity contribution is 0.744. The molecule has 0 bridgehead atoms. The minimum absolute atomic E-state index is 0.820. The van der Waals surface area contributed by atoms with Crippen LogP contribution in [0.4, 0.5) is 0 Å². The molecule has 0 aromatic heterocycles. The van der Waals surface area contributed by atoms with Crippen LogP contribution in [0.2, 0.25) is 0 Å². The lowest BCUT2D eigenvalue weighted by atomic mass is 10.0. The number of thioether (sulfide) groups is 1. The van der Waals surface area contributed by atoms with Gasteiger partial charge in [-0.05, 0) is 49.4 Å². The van der Waals surface area contributed by atoms with Gasteiger partial charge in [0.1, 0.15) is 0 Å². The number of hydrogen-bond acceptors (Lipinski definition) is 2. The van der Waals surface area contributed by atoms with Crippen molar-refractivity contribution in [3.05, 3.63) is 29.3 Å². The Morgan fingerprint density at radius 2 is 2.21 bits per heavy atom. The third kappa shape index (κ3) is 2.31. The highest BCUT2D eigenvalue weighted by molar-refractivity contribution is 7.99. The van der Waals surface area contributed by atoms with Gasteiger partial charge < -0.3 is 5.73 Å². The Morgan fingerprint density at radius 1 is 1.29 bits per heavy atom. The Labute approximate surface area is 90.1 Å². The molecule has 1 aliphatic rings. The van der Waals surface area contributed by atoms with Crippen molar-refractivity contribution >= 4 is 11.8 Å². The van der Waals surface area contributed by atoms with Crippen LogP contribution >= 0.6 is 11.8 Å². The summed E-state index contributed by atoms with van der Waals surface area (Å²) < 4.78 is 0. The number of nitrogens with two attached hydrogens (primary N) is 1. The maximum Gasteiger partial charge on any atom is 0.0105 e. The van der Waals surface area contributed by atoms with Crippen LogP contribution in [0.1, 0.15) is 24.0 Å². The third-order valence-corrected chi connectivity index (χ3v) is 3.79. The number of unbranched alkanes of at least 4 members (excludes halogenated alkanes) is 1. The summed E-state index contributed by atoms with van der Waals surface area (Å²) in [5, 5.41) is 0. The van der Waals surface area contributed by atoms with E-state index in [1.807, 2.05) is 11.8 Å². The van der Waals surface area contributed by atoms with Gasteiger partial charge in [-0.2, -0.15) is 0 Å². The molecule has 0 radical (unpaired) electrons. The summed E-state index contributed by atoms with van der Waals surface area (Å²) in [5.74, 6) is 1.27. The monoisotopic (exact) mass is 207 g/mol. The van der Waals surface area contributed by atoms with Crippen molar-refractivity contribution in [2.45, 2.75) is 30.6 Å². The summed E-state index contributed by atoms with van der Waals surface area (Å²) in [5.41, 5.74) is 8.52. The number of fused-ring (bicyclic) bond motifs is 1. The molecule has 2 heteroatoms. The summed E-state index contributed by atoms with van der Waals surface area (Å²) >= 11 is 1.98. The maximum absolute atomic E-state index is 5.48. The van der Waals surface area contributed by atoms with Gasteiger partial charge >= 0.3 is 0 Å². The Morgan fingerprint density at radius 3 is 3.07 bits per heavy atom. The molecule has 0 aliphatic carbocycles. The van der Waals surface area contributed by atoms with Crippen molar-refractivity contribution in [2.75, 3.05) is 12.3 Å². The number of aryl methyl sites for hydroxylation is 2. The molecule has 14 heavy (non-hydrogen) atoms. The van der Waals surface area contributed by atoms with E-state index in [1.165, 1.54) is 35.5 Å². The first-order valence-corrected chi connectivity index (χ1v) is 6.33. The molecule has 0 spiro atoms. The van der Waals surface area contributed by atoms with Gasteiger partial charge in [0.25, 0.3) is 0 Å². The maximum atomic E-state index is 5.48. The summed E-state index contributed by atoms with van der Waals surface area (Å²) in [6.07, 6.45) is 4.81. The number of rotatable bonds is 4. The minimum Gasteiger partial charge on any atom is -0.330 e. The van der Waals surface area contributed by atoms with E-state index in [2.05, 4.69) is 18.2 Å². The summed E-state index contributed by atoms with van der Waals surface area (Å²) in [7, 11) is 0. The summed E-state index contributed by atoms with van der Waals surface area (Å²) in [4.78, 5) is 1.49. The van der Waals surface area contributed by atoms with E-state index in [-0.39, 0.29) is 0 Å². The van der Waals surface area contributed by atoms with E-state index in [1.54, 1.807) is 5.56 Å². The zero-order valence-corrected chi connectivity index (χ0v) is 9.28. The highest BCUT2D eigenvalue weighted by Crippen LogP contribution is 2.31. The van der Waals surface area contributed by atoms with Gasteiger partial charge in [0.15, 0.2) is 0 Å². The van der Waals surface area contributed by atoms with E-state index < -0.39 is 0 Å². The van der Waals surface area contributed by atoms with Gasteiger partial charge in [-0.15, -0.1) is 11.8 Å². The van der Waals surface area contributed by atoms with Crippen LogP contribution in [-0.2, 0) is 12.8 Å². The average Bonchev–Trinajstić information content (AvgIpc) is 2.65. The first-order chi connectivity index (χ1) is 6.90. The standard InChI is InChI=1S/C12H17NS/c13-7-2-1-3-10-4-5-12-11(9-10)6-8-14-12/h4-5,9H,1-3,6-8,13H2. The average molecular weight is 207 g/mol. The summed E-state index contributed by atoms with van der Waals surface area (Å²) in [6, 6.07) is 6.93. The predicted molar refractivity (Wildman–Crippen MR) is 62.9 cm³/mol. The molecular weight excluding hydrogens is 190 g/mol. The molecule has 1 nitrogen and oxygen atoms in total. The summed E-state index contributed by atoms with van der Waals surface area (Å²) in [6.45, 7) is 0.820. The highest BCUT2D eigenvalue weighted by atomic mass is 32.2. The minimum atomic E-state index is 0.820. The molecule has 1 aromatic carbocycles. The molecule has 0 fully saturated rings. The Kier molecular flexibility index (Phi) is 3.49.